The average molecular weight is 302 g/mol. The van der Waals surface area contributed by atoms with Gasteiger partial charge in [-0.05, 0) is 43.3 Å². The first-order valence-electron chi connectivity index (χ1n) is 6.42. The van der Waals surface area contributed by atoms with Gasteiger partial charge in [-0.15, -0.1) is 0 Å². The Hall–Kier alpha value is -2.35. The van der Waals surface area contributed by atoms with Gasteiger partial charge in [-0.3, -0.25) is 0 Å². The van der Waals surface area contributed by atoms with E-state index in [2.05, 4.69) is 24.9 Å². The number of nitrogen functional groups attached to an aromatic ring is 1. The minimum atomic E-state index is 0.128. The van der Waals surface area contributed by atoms with E-state index >= 15 is 0 Å². The highest BCUT2D eigenvalue weighted by Gasteiger charge is 2.10. The second-order valence-electron chi connectivity index (χ2n) is 4.36. The molecule has 2 aromatic heterocycles. The normalized spacial score (nSPS) is 11.0. The number of nitrogens with two attached hydrogens (primary N) is 1. The number of aromatic amines is 1. The molecule has 0 amide bonds. The molecular weight excluding hydrogens is 288 g/mol. The van der Waals surface area contributed by atoms with Gasteiger partial charge in [0.2, 0.25) is 11.1 Å². The molecule has 21 heavy (non-hydrogen) atoms. The predicted octanol–water partition coefficient (Wildman–Crippen LogP) is 2.19. The van der Waals surface area contributed by atoms with Gasteiger partial charge in [0.1, 0.15) is 0 Å². The Kier molecular flexibility index (Phi) is 3.61. The molecule has 0 saturated heterocycles. The largest absolute Gasteiger partial charge is 0.464 e. The summed E-state index contributed by atoms with van der Waals surface area (Å²) >= 11 is 1.28. The van der Waals surface area contributed by atoms with Gasteiger partial charge in [0.05, 0.1) is 17.6 Å². The van der Waals surface area contributed by atoms with Crippen LogP contribution in [0.3, 0.4) is 0 Å². The Morgan fingerprint density at radius 2 is 2.10 bits per heavy atom. The van der Waals surface area contributed by atoms with Crippen LogP contribution in [0.5, 0.6) is 6.01 Å². The fourth-order valence-corrected chi connectivity index (χ4v) is 2.57. The number of hydrogen-bond acceptors (Lipinski definition) is 7. The van der Waals surface area contributed by atoms with Gasteiger partial charge >= 0.3 is 6.01 Å². The van der Waals surface area contributed by atoms with Crippen molar-refractivity contribution in [3.63, 3.8) is 0 Å². The number of ether oxygens (including phenoxy) is 1. The molecule has 3 aromatic rings. The summed E-state index contributed by atoms with van der Waals surface area (Å²) in [7, 11) is 0. The molecule has 0 spiro atoms. The van der Waals surface area contributed by atoms with E-state index in [-0.39, 0.29) is 12.0 Å². The number of benzene rings is 1. The van der Waals surface area contributed by atoms with Gasteiger partial charge in [0.25, 0.3) is 0 Å². The maximum atomic E-state index is 5.65. The number of aromatic nitrogens is 5. The molecule has 0 saturated carbocycles. The van der Waals surface area contributed by atoms with Crippen LogP contribution in [0.4, 0.5) is 5.95 Å². The summed E-state index contributed by atoms with van der Waals surface area (Å²) in [6.45, 7) is 4.36. The summed E-state index contributed by atoms with van der Waals surface area (Å²) in [6.07, 6.45) is 0. The fourth-order valence-electron chi connectivity index (χ4n) is 1.83. The fraction of sp³-hybridized carbons (Fsp3) is 0.231. The number of aryl methyl sites for hydroxylation is 1. The number of fused-ring (bicyclic) bond motifs is 1. The molecule has 8 heteroatoms. The van der Waals surface area contributed by atoms with Crippen molar-refractivity contribution >= 4 is 28.7 Å². The van der Waals surface area contributed by atoms with E-state index < -0.39 is 0 Å². The molecule has 3 rings (SSSR count). The first kappa shape index (κ1) is 13.6. The van der Waals surface area contributed by atoms with Crippen LogP contribution >= 0.6 is 11.8 Å². The third kappa shape index (κ3) is 3.05. The number of nitrogens with one attached hydrogen (secondary N) is 1. The molecule has 0 aliphatic heterocycles. The van der Waals surface area contributed by atoms with Crippen molar-refractivity contribution in [3.8, 4) is 6.01 Å². The third-order valence-electron chi connectivity index (χ3n) is 2.69. The molecule has 2 heterocycles. The Labute approximate surface area is 125 Å². The third-order valence-corrected chi connectivity index (χ3v) is 3.44. The molecule has 3 N–H and O–H groups in total. The van der Waals surface area contributed by atoms with E-state index in [0.717, 1.165) is 11.0 Å². The summed E-state index contributed by atoms with van der Waals surface area (Å²) in [5.74, 6) is 0.128. The monoisotopic (exact) mass is 302 g/mol. The van der Waals surface area contributed by atoms with Crippen LogP contribution in [-0.4, -0.2) is 31.5 Å². The maximum Gasteiger partial charge on any atom is 0.322 e. The number of hydrogen-bond donors (Lipinski definition) is 2. The highest BCUT2D eigenvalue weighted by atomic mass is 32.2. The zero-order valence-corrected chi connectivity index (χ0v) is 12.4. The highest BCUT2D eigenvalue weighted by Crippen LogP contribution is 2.26. The second kappa shape index (κ2) is 5.57. The minimum Gasteiger partial charge on any atom is -0.464 e. The number of imidazole rings is 1. The van der Waals surface area contributed by atoms with Crippen LogP contribution in [0.1, 0.15) is 12.5 Å². The topological polar surface area (TPSA) is 103 Å². The first-order valence-corrected chi connectivity index (χ1v) is 7.24. The van der Waals surface area contributed by atoms with Gasteiger partial charge in [0, 0.05) is 0 Å². The van der Waals surface area contributed by atoms with E-state index in [1.165, 1.54) is 17.3 Å². The van der Waals surface area contributed by atoms with Gasteiger partial charge in [-0.25, -0.2) is 4.98 Å². The van der Waals surface area contributed by atoms with E-state index in [1.807, 2.05) is 32.0 Å². The van der Waals surface area contributed by atoms with E-state index in [4.69, 9.17) is 10.5 Å². The van der Waals surface area contributed by atoms with Gasteiger partial charge in [-0.2, -0.15) is 15.0 Å². The van der Waals surface area contributed by atoms with Crippen LogP contribution < -0.4 is 10.5 Å². The van der Waals surface area contributed by atoms with Crippen molar-refractivity contribution in [2.24, 2.45) is 0 Å². The molecule has 0 unspecified atom stereocenters. The molecule has 7 nitrogen and oxygen atoms in total. The average Bonchev–Trinajstić information content (AvgIpc) is 2.79. The first-order chi connectivity index (χ1) is 10.1. The lowest BCUT2D eigenvalue weighted by Gasteiger charge is -2.03. The van der Waals surface area contributed by atoms with Crippen molar-refractivity contribution in [3.05, 3.63) is 23.8 Å². The Balaban J connectivity index is 1.90. The number of nitrogens with zero attached hydrogens (tertiary/aromatic N) is 4. The summed E-state index contributed by atoms with van der Waals surface area (Å²) < 4.78 is 5.25. The molecule has 0 aliphatic carbocycles. The maximum absolute atomic E-state index is 5.65. The predicted molar refractivity (Wildman–Crippen MR) is 80.4 cm³/mol. The lowest BCUT2D eigenvalue weighted by Crippen LogP contribution is -2.04. The Bertz CT molecular complexity index is 787. The SMILES string of the molecule is CCOc1nc(N)nc(Sc2nc3ccc(C)cc3[nH]2)n1. The summed E-state index contributed by atoms with van der Waals surface area (Å²) in [5, 5.41) is 1.14. The molecule has 1 aromatic carbocycles. The van der Waals surface area contributed by atoms with Gasteiger partial charge in [-0.1, -0.05) is 6.07 Å². The molecule has 0 atom stereocenters. The van der Waals surface area contributed by atoms with Crippen molar-refractivity contribution in [2.45, 2.75) is 24.2 Å². The zero-order valence-electron chi connectivity index (χ0n) is 11.6. The number of H-pyrrole nitrogens is 1. The zero-order chi connectivity index (χ0) is 14.8. The number of rotatable bonds is 4. The summed E-state index contributed by atoms with van der Waals surface area (Å²) in [5.41, 5.74) is 8.70. The molecule has 0 bridgehead atoms. The van der Waals surface area contributed by atoms with Crippen molar-refractivity contribution < 1.29 is 4.74 Å². The van der Waals surface area contributed by atoms with Crippen molar-refractivity contribution in [1.29, 1.82) is 0 Å². The van der Waals surface area contributed by atoms with E-state index in [1.54, 1.807) is 0 Å². The molecular formula is C13H14N6OS. The summed E-state index contributed by atoms with van der Waals surface area (Å²) in [4.78, 5) is 19.9. The lowest BCUT2D eigenvalue weighted by molar-refractivity contribution is 0.308. The van der Waals surface area contributed by atoms with E-state index in [0.29, 0.717) is 16.9 Å². The Morgan fingerprint density at radius 3 is 2.90 bits per heavy atom. The van der Waals surface area contributed by atoms with Crippen LogP contribution in [0.2, 0.25) is 0 Å². The molecule has 0 radical (unpaired) electrons. The Morgan fingerprint density at radius 1 is 1.24 bits per heavy atom. The smallest absolute Gasteiger partial charge is 0.322 e. The lowest BCUT2D eigenvalue weighted by atomic mass is 10.2. The quantitative estimate of drug-likeness (QED) is 0.761. The highest BCUT2D eigenvalue weighted by molar-refractivity contribution is 7.99. The van der Waals surface area contributed by atoms with Crippen molar-refractivity contribution in [1.82, 2.24) is 24.9 Å². The van der Waals surface area contributed by atoms with Crippen LogP contribution in [0.25, 0.3) is 11.0 Å². The van der Waals surface area contributed by atoms with Crippen LogP contribution in [0, 0.1) is 6.92 Å². The van der Waals surface area contributed by atoms with Crippen LogP contribution in [-0.2, 0) is 0 Å². The summed E-state index contributed by atoms with van der Waals surface area (Å²) in [6, 6.07) is 6.25. The standard InChI is InChI=1S/C13H14N6OS/c1-3-20-11-17-10(14)18-13(19-11)21-12-15-8-5-4-7(2)6-9(8)16-12/h4-6H,3H2,1-2H3,(H,15,16)(H2,14,17,18,19). The van der Waals surface area contributed by atoms with Crippen molar-refractivity contribution in [2.75, 3.05) is 12.3 Å². The second-order valence-corrected chi connectivity index (χ2v) is 5.31. The van der Waals surface area contributed by atoms with Gasteiger partial charge < -0.3 is 15.5 Å². The van der Waals surface area contributed by atoms with Crippen LogP contribution in [0.15, 0.2) is 28.5 Å². The molecule has 0 fully saturated rings. The minimum absolute atomic E-state index is 0.128. The van der Waals surface area contributed by atoms with Gasteiger partial charge in [0.15, 0.2) is 5.16 Å². The molecule has 0 aliphatic rings. The number of anilines is 1. The molecule has 108 valence electrons. The van der Waals surface area contributed by atoms with E-state index in [9.17, 15) is 0 Å².